The number of hydrogen-bond donors (Lipinski definition) is 1. The Hall–Kier alpha value is -3.11. The van der Waals surface area contributed by atoms with Crippen LogP contribution in [0.1, 0.15) is 17.2 Å². The predicted octanol–water partition coefficient (Wildman–Crippen LogP) is 5.88. The van der Waals surface area contributed by atoms with Crippen molar-refractivity contribution in [1.82, 2.24) is 9.55 Å². The number of halogens is 2. The summed E-state index contributed by atoms with van der Waals surface area (Å²) in [5, 5.41) is 4.06. The van der Waals surface area contributed by atoms with Crippen molar-refractivity contribution in [2.24, 2.45) is 0 Å². The Kier molecular flexibility index (Phi) is 3.73. The number of para-hydroxylation sites is 2. The molecular formula is C22H15ClFN3. The van der Waals surface area contributed by atoms with E-state index in [1.807, 2.05) is 71.3 Å². The largest absolute Gasteiger partial charge is 0.325 e. The first kappa shape index (κ1) is 16.1. The number of nitrogens with zero attached hydrogens (tertiary/aromatic N) is 2. The molecule has 1 N–H and O–H groups in total. The van der Waals surface area contributed by atoms with Crippen molar-refractivity contribution in [3.8, 4) is 0 Å². The summed E-state index contributed by atoms with van der Waals surface area (Å²) in [6.07, 6.45) is 2.03. The van der Waals surface area contributed by atoms with Crippen LogP contribution in [0.2, 0.25) is 5.02 Å². The molecule has 1 unspecified atom stereocenters. The third-order valence-corrected chi connectivity index (χ3v) is 5.08. The molecule has 27 heavy (non-hydrogen) atoms. The van der Waals surface area contributed by atoms with Crippen LogP contribution in [0.5, 0.6) is 0 Å². The minimum atomic E-state index is -0.305. The van der Waals surface area contributed by atoms with Crippen LogP contribution in [-0.4, -0.2) is 9.55 Å². The summed E-state index contributed by atoms with van der Waals surface area (Å²) >= 11 is 6.02. The van der Waals surface area contributed by atoms with Crippen molar-refractivity contribution in [3.05, 3.63) is 101 Å². The SMILES string of the molecule is Fc1ccccc1C1C=C(c2ccc(Cl)cc2)Nc2nc3ccccc3n21. The summed E-state index contributed by atoms with van der Waals surface area (Å²) in [6.45, 7) is 0. The number of hydrogen-bond acceptors (Lipinski definition) is 2. The van der Waals surface area contributed by atoms with E-state index in [0.717, 1.165) is 22.3 Å². The number of aromatic nitrogens is 2. The van der Waals surface area contributed by atoms with Gasteiger partial charge in [0, 0.05) is 16.3 Å². The normalized spacial score (nSPS) is 15.9. The number of rotatable bonds is 2. The third kappa shape index (κ3) is 2.69. The first-order chi connectivity index (χ1) is 13.2. The Balaban J connectivity index is 1.74. The molecule has 3 nitrogen and oxygen atoms in total. The van der Waals surface area contributed by atoms with Crippen molar-refractivity contribution in [3.63, 3.8) is 0 Å². The zero-order chi connectivity index (χ0) is 18.4. The average Bonchev–Trinajstić information content (AvgIpc) is 3.07. The first-order valence-corrected chi connectivity index (χ1v) is 9.05. The summed E-state index contributed by atoms with van der Waals surface area (Å²) in [6, 6.07) is 22.0. The van der Waals surface area contributed by atoms with Crippen LogP contribution in [0, 0.1) is 5.82 Å². The lowest BCUT2D eigenvalue weighted by molar-refractivity contribution is 0.583. The van der Waals surface area contributed by atoms with Gasteiger partial charge in [0.25, 0.3) is 0 Å². The topological polar surface area (TPSA) is 29.9 Å². The van der Waals surface area contributed by atoms with E-state index in [1.54, 1.807) is 6.07 Å². The maximum absolute atomic E-state index is 14.7. The molecule has 0 bridgehead atoms. The van der Waals surface area contributed by atoms with Crippen LogP contribution in [0.25, 0.3) is 16.7 Å². The fraction of sp³-hybridized carbons (Fsp3) is 0.0455. The molecule has 0 saturated heterocycles. The minimum Gasteiger partial charge on any atom is -0.325 e. The highest BCUT2D eigenvalue weighted by molar-refractivity contribution is 6.30. The molecule has 132 valence electrons. The lowest BCUT2D eigenvalue weighted by Gasteiger charge is -2.27. The molecular weight excluding hydrogens is 361 g/mol. The van der Waals surface area contributed by atoms with Gasteiger partial charge in [-0.25, -0.2) is 9.37 Å². The Bertz CT molecular complexity index is 1180. The quantitative estimate of drug-likeness (QED) is 0.473. The Morgan fingerprint density at radius 1 is 0.926 bits per heavy atom. The van der Waals surface area contributed by atoms with Crippen LogP contribution >= 0.6 is 11.6 Å². The van der Waals surface area contributed by atoms with Gasteiger partial charge in [-0.1, -0.05) is 54.1 Å². The van der Waals surface area contributed by atoms with Gasteiger partial charge < -0.3 is 5.32 Å². The van der Waals surface area contributed by atoms with E-state index >= 15 is 0 Å². The van der Waals surface area contributed by atoms with Gasteiger partial charge in [0.2, 0.25) is 5.95 Å². The second-order valence-electron chi connectivity index (χ2n) is 6.47. The maximum Gasteiger partial charge on any atom is 0.209 e. The van der Waals surface area contributed by atoms with Crippen molar-refractivity contribution in [2.75, 3.05) is 5.32 Å². The molecule has 5 rings (SSSR count). The second-order valence-corrected chi connectivity index (χ2v) is 6.91. The Labute approximate surface area is 160 Å². The molecule has 0 radical (unpaired) electrons. The predicted molar refractivity (Wildman–Crippen MR) is 107 cm³/mol. The molecule has 1 aliphatic heterocycles. The Morgan fingerprint density at radius 3 is 2.48 bits per heavy atom. The second kappa shape index (κ2) is 6.25. The van der Waals surface area contributed by atoms with Gasteiger partial charge in [-0.15, -0.1) is 0 Å². The molecule has 1 aromatic heterocycles. The van der Waals surface area contributed by atoms with E-state index in [0.29, 0.717) is 16.5 Å². The van der Waals surface area contributed by atoms with Gasteiger partial charge >= 0.3 is 0 Å². The van der Waals surface area contributed by atoms with Crippen LogP contribution in [-0.2, 0) is 0 Å². The van der Waals surface area contributed by atoms with Crippen molar-refractivity contribution in [2.45, 2.75) is 6.04 Å². The molecule has 0 amide bonds. The molecule has 0 aliphatic carbocycles. The third-order valence-electron chi connectivity index (χ3n) is 4.82. The summed E-state index contributed by atoms with van der Waals surface area (Å²) in [7, 11) is 0. The van der Waals surface area contributed by atoms with Crippen LogP contribution < -0.4 is 5.32 Å². The number of fused-ring (bicyclic) bond motifs is 3. The average molecular weight is 376 g/mol. The van der Waals surface area contributed by atoms with E-state index in [9.17, 15) is 4.39 Å². The van der Waals surface area contributed by atoms with E-state index in [-0.39, 0.29) is 11.9 Å². The summed E-state index contributed by atoms with van der Waals surface area (Å²) in [5.74, 6) is 0.455. The Morgan fingerprint density at radius 2 is 1.67 bits per heavy atom. The lowest BCUT2D eigenvalue weighted by Crippen LogP contribution is -2.19. The highest BCUT2D eigenvalue weighted by atomic mass is 35.5. The minimum absolute atomic E-state index is 0.236. The molecule has 3 aromatic carbocycles. The lowest BCUT2D eigenvalue weighted by atomic mass is 10.0. The number of imidazole rings is 1. The van der Waals surface area contributed by atoms with Gasteiger partial charge in [0.1, 0.15) is 5.82 Å². The summed E-state index contributed by atoms with van der Waals surface area (Å²) < 4.78 is 16.7. The molecule has 4 aromatic rings. The first-order valence-electron chi connectivity index (χ1n) is 8.67. The number of benzene rings is 3. The molecule has 0 saturated carbocycles. The monoisotopic (exact) mass is 375 g/mol. The summed E-state index contributed by atoms with van der Waals surface area (Å²) in [4.78, 5) is 4.71. The van der Waals surface area contributed by atoms with Crippen LogP contribution in [0.3, 0.4) is 0 Å². The van der Waals surface area contributed by atoms with Gasteiger partial charge in [-0.2, -0.15) is 0 Å². The number of nitrogens with one attached hydrogen (secondary N) is 1. The smallest absolute Gasteiger partial charge is 0.209 e. The molecule has 0 fully saturated rings. The van der Waals surface area contributed by atoms with E-state index in [1.165, 1.54) is 6.07 Å². The zero-order valence-electron chi connectivity index (χ0n) is 14.2. The molecule has 1 atom stereocenters. The fourth-order valence-corrected chi connectivity index (χ4v) is 3.68. The van der Waals surface area contributed by atoms with Crippen LogP contribution in [0.15, 0.2) is 78.9 Å². The number of anilines is 1. The van der Waals surface area contributed by atoms with E-state index in [2.05, 4.69) is 5.32 Å². The van der Waals surface area contributed by atoms with Crippen molar-refractivity contribution < 1.29 is 4.39 Å². The number of allylic oxidation sites excluding steroid dienone is 1. The molecule has 2 heterocycles. The van der Waals surface area contributed by atoms with Gasteiger partial charge in [0.05, 0.1) is 17.1 Å². The van der Waals surface area contributed by atoms with Crippen LogP contribution in [0.4, 0.5) is 10.3 Å². The van der Waals surface area contributed by atoms with Crippen molar-refractivity contribution >= 4 is 34.3 Å². The molecule has 0 spiro atoms. The van der Waals surface area contributed by atoms with Gasteiger partial charge in [-0.05, 0) is 42.0 Å². The van der Waals surface area contributed by atoms with Gasteiger partial charge in [-0.3, -0.25) is 4.57 Å². The van der Waals surface area contributed by atoms with Crippen molar-refractivity contribution in [1.29, 1.82) is 0 Å². The highest BCUT2D eigenvalue weighted by Gasteiger charge is 2.26. The fourth-order valence-electron chi connectivity index (χ4n) is 3.55. The van der Waals surface area contributed by atoms with Gasteiger partial charge in [0.15, 0.2) is 0 Å². The van der Waals surface area contributed by atoms with E-state index < -0.39 is 0 Å². The standard InChI is InChI=1S/C22H15ClFN3/c23-15-11-9-14(10-12-15)19-13-21(16-5-1-2-6-17(16)24)27-20-8-4-3-7-18(20)25-22(27)26-19/h1-13,21H,(H,25,26). The zero-order valence-corrected chi connectivity index (χ0v) is 15.0. The molecule has 1 aliphatic rings. The maximum atomic E-state index is 14.7. The van der Waals surface area contributed by atoms with E-state index in [4.69, 9.17) is 16.6 Å². The molecule has 5 heteroatoms. The summed E-state index contributed by atoms with van der Waals surface area (Å²) in [5.41, 5.74) is 4.28. The highest BCUT2D eigenvalue weighted by Crippen LogP contribution is 2.37.